The molecule has 0 bridgehead atoms. The highest BCUT2D eigenvalue weighted by Gasteiger charge is 2.15. The second-order valence-corrected chi connectivity index (χ2v) is 5.60. The van der Waals surface area contributed by atoms with E-state index in [1.807, 2.05) is 25.3 Å². The lowest BCUT2D eigenvalue weighted by Gasteiger charge is -2.13. The van der Waals surface area contributed by atoms with Gasteiger partial charge in [0.15, 0.2) is 0 Å². The van der Waals surface area contributed by atoms with E-state index < -0.39 is 0 Å². The molecule has 2 rings (SSSR count). The minimum Gasteiger partial charge on any atom is -0.361 e. The Balaban J connectivity index is 2.02. The topological polar surface area (TPSA) is 44.9 Å². The Bertz CT molecular complexity index is 557. The summed E-state index contributed by atoms with van der Waals surface area (Å²) in [5, 5.41) is 4.21. The smallest absolute Gasteiger partial charge is 0.223 e. The van der Waals surface area contributed by atoms with Gasteiger partial charge in [-0.15, -0.1) is 0 Å². The molecule has 1 amide bonds. The molecular formula is C16H22N2O. The number of H-pyrrole nitrogens is 1. The van der Waals surface area contributed by atoms with Crippen LogP contribution < -0.4 is 5.32 Å². The van der Waals surface area contributed by atoms with Crippen molar-refractivity contribution < 1.29 is 4.79 Å². The van der Waals surface area contributed by atoms with Gasteiger partial charge in [-0.05, 0) is 24.0 Å². The zero-order valence-corrected chi connectivity index (χ0v) is 11.9. The van der Waals surface area contributed by atoms with Crippen molar-refractivity contribution in [2.75, 3.05) is 6.54 Å². The summed E-state index contributed by atoms with van der Waals surface area (Å²) in [6.07, 6.45) is 2.78. The number of para-hydroxylation sites is 1. The van der Waals surface area contributed by atoms with E-state index in [0.29, 0.717) is 5.92 Å². The standard InChI is InChI=1S/C16H22N2O/c1-11(2)9-18-16(19)12(3)8-13-10-17-15-7-5-4-6-14(13)15/h4-7,10-12,17H,8-9H2,1-3H3,(H,18,19)/t12-/m0/s1. The van der Waals surface area contributed by atoms with Gasteiger partial charge in [0.25, 0.3) is 0 Å². The van der Waals surface area contributed by atoms with Gasteiger partial charge in [0.2, 0.25) is 5.91 Å². The van der Waals surface area contributed by atoms with Crippen LogP contribution in [-0.4, -0.2) is 17.4 Å². The predicted molar refractivity (Wildman–Crippen MR) is 79.0 cm³/mol. The van der Waals surface area contributed by atoms with Crippen LogP contribution in [0.3, 0.4) is 0 Å². The Hall–Kier alpha value is -1.77. The first-order chi connectivity index (χ1) is 9.08. The Morgan fingerprint density at radius 1 is 1.26 bits per heavy atom. The molecule has 0 aliphatic carbocycles. The Labute approximate surface area is 114 Å². The highest BCUT2D eigenvalue weighted by atomic mass is 16.1. The molecule has 0 fully saturated rings. The number of carbonyl (C=O) groups is 1. The van der Waals surface area contributed by atoms with Crippen molar-refractivity contribution in [1.29, 1.82) is 0 Å². The number of benzene rings is 1. The molecule has 0 spiro atoms. The van der Waals surface area contributed by atoms with Gasteiger partial charge in [-0.1, -0.05) is 39.0 Å². The molecule has 0 aliphatic rings. The second kappa shape index (κ2) is 5.91. The molecule has 19 heavy (non-hydrogen) atoms. The van der Waals surface area contributed by atoms with Gasteiger partial charge in [0.1, 0.15) is 0 Å². The molecule has 1 aromatic heterocycles. The number of hydrogen-bond acceptors (Lipinski definition) is 1. The van der Waals surface area contributed by atoms with E-state index in [1.54, 1.807) is 0 Å². The fraction of sp³-hybridized carbons (Fsp3) is 0.438. The zero-order chi connectivity index (χ0) is 13.8. The molecule has 102 valence electrons. The van der Waals surface area contributed by atoms with Crippen LogP contribution in [0.5, 0.6) is 0 Å². The van der Waals surface area contributed by atoms with E-state index in [0.717, 1.165) is 18.5 Å². The quantitative estimate of drug-likeness (QED) is 0.850. The van der Waals surface area contributed by atoms with E-state index in [-0.39, 0.29) is 11.8 Å². The maximum Gasteiger partial charge on any atom is 0.223 e. The predicted octanol–water partition coefficient (Wildman–Crippen LogP) is 3.12. The number of carbonyl (C=O) groups excluding carboxylic acids is 1. The summed E-state index contributed by atoms with van der Waals surface area (Å²) in [7, 11) is 0. The highest BCUT2D eigenvalue weighted by molar-refractivity contribution is 5.84. The first-order valence-electron chi connectivity index (χ1n) is 6.90. The van der Waals surface area contributed by atoms with Crippen molar-refractivity contribution in [3.63, 3.8) is 0 Å². The number of fused-ring (bicyclic) bond motifs is 1. The third-order valence-corrected chi connectivity index (χ3v) is 3.33. The van der Waals surface area contributed by atoms with Crippen LogP contribution >= 0.6 is 0 Å². The van der Waals surface area contributed by atoms with Crippen LogP contribution in [-0.2, 0) is 11.2 Å². The van der Waals surface area contributed by atoms with Crippen LogP contribution in [0.25, 0.3) is 10.9 Å². The minimum atomic E-state index is -0.00189. The van der Waals surface area contributed by atoms with Crippen LogP contribution in [0.4, 0.5) is 0 Å². The zero-order valence-electron chi connectivity index (χ0n) is 11.9. The van der Waals surface area contributed by atoms with Crippen molar-refractivity contribution in [2.45, 2.75) is 27.2 Å². The highest BCUT2D eigenvalue weighted by Crippen LogP contribution is 2.20. The molecule has 0 radical (unpaired) electrons. The molecule has 3 nitrogen and oxygen atoms in total. The molecule has 1 atom stereocenters. The van der Waals surface area contributed by atoms with Gasteiger partial charge in [-0.3, -0.25) is 4.79 Å². The van der Waals surface area contributed by atoms with Gasteiger partial charge in [0, 0.05) is 29.6 Å². The molecule has 0 unspecified atom stereocenters. The lowest BCUT2D eigenvalue weighted by molar-refractivity contribution is -0.124. The van der Waals surface area contributed by atoms with Crippen LogP contribution in [0.2, 0.25) is 0 Å². The van der Waals surface area contributed by atoms with Gasteiger partial charge in [-0.2, -0.15) is 0 Å². The van der Waals surface area contributed by atoms with Gasteiger partial charge < -0.3 is 10.3 Å². The Kier molecular flexibility index (Phi) is 4.25. The third-order valence-electron chi connectivity index (χ3n) is 3.33. The van der Waals surface area contributed by atoms with Crippen molar-refractivity contribution in [2.24, 2.45) is 11.8 Å². The van der Waals surface area contributed by atoms with Crippen molar-refractivity contribution in [1.82, 2.24) is 10.3 Å². The molecule has 2 N–H and O–H groups in total. The molecule has 0 saturated carbocycles. The lowest BCUT2D eigenvalue weighted by Crippen LogP contribution is -2.32. The van der Waals surface area contributed by atoms with E-state index in [2.05, 4.69) is 36.3 Å². The van der Waals surface area contributed by atoms with E-state index >= 15 is 0 Å². The normalized spacial score (nSPS) is 12.8. The van der Waals surface area contributed by atoms with Gasteiger partial charge >= 0.3 is 0 Å². The number of aromatic nitrogens is 1. The number of rotatable bonds is 5. The number of aromatic amines is 1. The van der Waals surface area contributed by atoms with Crippen LogP contribution in [0, 0.1) is 11.8 Å². The van der Waals surface area contributed by atoms with E-state index in [1.165, 1.54) is 10.9 Å². The molecule has 0 aliphatic heterocycles. The minimum absolute atomic E-state index is 0.00189. The van der Waals surface area contributed by atoms with Crippen molar-refractivity contribution >= 4 is 16.8 Å². The average molecular weight is 258 g/mol. The van der Waals surface area contributed by atoms with Gasteiger partial charge in [-0.25, -0.2) is 0 Å². The largest absolute Gasteiger partial charge is 0.361 e. The Morgan fingerprint density at radius 2 is 2.00 bits per heavy atom. The van der Waals surface area contributed by atoms with Crippen LogP contribution in [0.15, 0.2) is 30.5 Å². The van der Waals surface area contributed by atoms with Gasteiger partial charge in [0.05, 0.1) is 0 Å². The fourth-order valence-electron chi connectivity index (χ4n) is 2.20. The molecular weight excluding hydrogens is 236 g/mol. The average Bonchev–Trinajstić information content (AvgIpc) is 2.79. The third kappa shape index (κ3) is 3.37. The summed E-state index contributed by atoms with van der Waals surface area (Å²) in [4.78, 5) is 15.2. The lowest BCUT2D eigenvalue weighted by atomic mass is 9.99. The molecule has 3 heteroatoms. The SMILES string of the molecule is CC(C)CNC(=O)[C@@H](C)Cc1c[nH]c2ccccc12. The number of nitrogens with one attached hydrogen (secondary N) is 2. The first kappa shape index (κ1) is 13.7. The molecule has 1 aromatic carbocycles. The van der Waals surface area contributed by atoms with E-state index in [9.17, 15) is 4.79 Å². The van der Waals surface area contributed by atoms with Crippen LogP contribution in [0.1, 0.15) is 26.3 Å². The fourth-order valence-corrected chi connectivity index (χ4v) is 2.20. The van der Waals surface area contributed by atoms with E-state index in [4.69, 9.17) is 0 Å². The summed E-state index contributed by atoms with van der Waals surface area (Å²) in [5.41, 5.74) is 2.34. The first-order valence-corrected chi connectivity index (χ1v) is 6.90. The maximum absolute atomic E-state index is 12.0. The second-order valence-electron chi connectivity index (χ2n) is 5.60. The summed E-state index contributed by atoms with van der Waals surface area (Å²) in [6, 6.07) is 8.20. The maximum atomic E-state index is 12.0. The monoisotopic (exact) mass is 258 g/mol. The molecule has 1 heterocycles. The summed E-state index contributed by atoms with van der Waals surface area (Å²) in [6.45, 7) is 6.93. The molecule has 2 aromatic rings. The number of hydrogen-bond donors (Lipinski definition) is 2. The summed E-state index contributed by atoms with van der Waals surface area (Å²) < 4.78 is 0. The summed E-state index contributed by atoms with van der Waals surface area (Å²) >= 11 is 0. The number of amides is 1. The summed E-state index contributed by atoms with van der Waals surface area (Å²) in [5.74, 6) is 0.626. The van der Waals surface area contributed by atoms with Crippen molar-refractivity contribution in [3.05, 3.63) is 36.0 Å². The molecule has 0 saturated heterocycles. The van der Waals surface area contributed by atoms with Crippen molar-refractivity contribution in [3.8, 4) is 0 Å². The Morgan fingerprint density at radius 3 is 2.74 bits per heavy atom.